The van der Waals surface area contributed by atoms with E-state index in [9.17, 15) is 4.79 Å². The van der Waals surface area contributed by atoms with Crippen molar-refractivity contribution in [2.24, 2.45) is 5.92 Å². The first-order valence-electron chi connectivity index (χ1n) is 8.04. The van der Waals surface area contributed by atoms with E-state index in [1.165, 1.54) is 5.56 Å². The Morgan fingerprint density at radius 3 is 2.26 bits per heavy atom. The zero-order chi connectivity index (χ0) is 16.7. The maximum absolute atomic E-state index is 12.3. The van der Waals surface area contributed by atoms with E-state index >= 15 is 0 Å². The highest BCUT2D eigenvalue weighted by Crippen LogP contribution is 2.29. The lowest BCUT2D eigenvalue weighted by Crippen LogP contribution is -2.26. The third-order valence-corrected chi connectivity index (χ3v) is 4.09. The maximum Gasteiger partial charge on any atom is 0.220 e. The summed E-state index contributed by atoms with van der Waals surface area (Å²) >= 11 is 0. The van der Waals surface area contributed by atoms with E-state index in [1.54, 1.807) is 7.11 Å². The fraction of sp³-hybridized carbons (Fsp3) is 0.350. The molecule has 0 spiro atoms. The van der Waals surface area contributed by atoms with Gasteiger partial charge in [-0.3, -0.25) is 4.79 Å². The van der Waals surface area contributed by atoms with Crippen molar-refractivity contribution in [3.63, 3.8) is 0 Å². The van der Waals surface area contributed by atoms with Crippen LogP contribution in [0.2, 0.25) is 0 Å². The number of benzene rings is 2. The highest BCUT2D eigenvalue weighted by atomic mass is 16.5. The summed E-state index contributed by atoms with van der Waals surface area (Å²) < 4.78 is 5.20. The normalized spacial score (nSPS) is 12.0. The topological polar surface area (TPSA) is 38.3 Å². The lowest BCUT2D eigenvalue weighted by Gasteiger charge is -2.21. The minimum absolute atomic E-state index is 0.0865. The zero-order valence-corrected chi connectivity index (χ0v) is 14.1. The van der Waals surface area contributed by atoms with Crippen LogP contribution in [0.25, 0.3) is 0 Å². The van der Waals surface area contributed by atoms with E-state index in [1.807, 2.05) is 54.6 Å². The number of hydrogen-bond acceptors (Lipinski definition) is 2. The fourth-order valence-electron chi connectivity index (χ4n) is 2.66. The number of carbonyl (C=O) groups excluding carboxylic acids is 1. The SMILES string of the molecule is COc1ccc([C@@H](CC(=O)NCc2ccccc2)C(C)C)cc1. The standard InChI is InChI=1S/C20H25NO2/c1-15(2)19(17-9-11-18(23-3)12-10-17)13-20(22)21-14-16-7-5-4-6-8-16/h4-12,15,19H,13-14H2,1-3H3,(H,21,22)/t19-/m0/s1. The minimum atomic E-state index is 0.0865. The highest BCUT2D eigenvalue weighted by Gasteiger charge is 2.19. The molecule has 23 heavy (non-hydrogen) atoms. The van der Waals surface area contributed by atoms with Gasteiger partial charge >= 0.3 is 0 Å². The third kappa shape index (κ3) is 5.13. The second kappa shape index (κ2) is 8.37. The van der Waals surface area contributed by atoms with Crippen LogP contribution in [-0.4, -0.2) is 13.0 Å². The van der Waals surface area contributed by atoms with Crippen molar-refractivity contribution in [1.29, 1.82) is 0 Å². The summed E-state index contributed by atoms with van der Waals surface area (Å²) in [5.74, 6) is 1.52. The van der Waals surface area contributed by atoms with Gasteiger partial charge in [0.15, 0.2) is 0 Å². The molecule has 0 fully saturated rings. The van der Waals surface area contributed by atoms with Crippen molar-refractivity contribution in [2.45, 2.75) is 32.7 Å². The molecule has 0 aliphatic carbocycles. The molecule has 0 radical (unpaired) electrons. The van der Waals surface area contributed by atoms with Crippen LogP contribution in [-0.2, 0) is 11.3 Å². The van der Waals surface area contributed by atoms with Crippen molar-refractivity contribution in [3.05, 3.63) is 65.7 Å². The lowest BCUT2D eigenvalue weighted by atomic mass is 9.85. The summed E-state index contributed by atoms with van der Waals surface area (Å²) in [4.78, 5) is 12.3. The molecule has 0 aliphatic heterocycles. The maximum atomic E-state index is 12.3. The molecule has 0 bridgehead atoms. The average molecular weight is 311 g/mol. The van der Waals surface area contributed by atoms with Crippen molar-refractivity contribution in [1.82, 2.24) is 5.32 Å². The molecule has 0 unspecified atom stereocenters. The number of hydrogen-bond donors (Lipinski definition) is 1. The predicted octanol–water partition coefficient (Wildman–Crippen LogP) is 4.14. The first kappa shape index (κ1) is 17.1. The summed E-state index contributed by atoms with van der Waals surface area (Å²) in [6.45, 7) is 4.88. The molecular formula is C20H25NO2. The molecule has 0 heterocycles. The first-order chi connectivity index (χ1) is 11.1. The molecule has 0 saturated heterocycles. The van der Waals surface area contributed by atoms with Crippen LogP contribution in [0.1, 0.15) is 37.3 Å². The van der Waals surface area contributed by atoms with E-state index in [4.69, 9.17) is 4.74 Å². The molecule has 1 atom stereocenters. The molecule has 0 aliphatic rings. The van der Waals surface area contributed by atoms with Gasteiger partial charge in [-0.25, -0.2) is 0 Å². The van der Waals surface area contributed by atoms with Gasteiger partial charge in [0.2, 0.25) is 5.91 Å². The predicted molar refractivity (Wildman–Crippen MR) is 93.5 cm³/mol. The van der Waals surface area contributed by atoms with E-state index in [-0.39, 0.29) is 11.8 Å². The lowest BCUT2D eigenvalue weighted by molar-refractivity contribution is -0.121. The monoisotopic (exact) mass is 311 g/mol. The van der Waals surface area contributed by atoms with E-state index in [0.29, 0.717) is 18.9 Å². The second-order valence-corrected chi connectivity index (χ2v) is 6.09. The van der Waals surface area contributed by atoms with Gasteiger partial charge in [0, 0.05) is 13.0 Å². The Hall–Kier alpha value is -2.29. The fourth-order valence-corrected chi connectivity index (χ4v) is 2.66. The zero-order valence-electron chi connectivity index (χ0n) is 14.1. The number of amides is 1. The molecule has 2 rings (SSSR count). The van der Waals surface area contributed by atoms with Crippen LogP contribution < -0.4 is 10.1 Å². The molecule has 0 aromatic heterocycles. The average Bonchev–Trinajstić information content (AvgIpc) is 2.58. The molecule has 0 saturated carbocycles. The quantitative estimate of drug-likeness (QED) is 0.834. The molecule has 1 amide bonds. The van der Waals surface area contributed by atoms with Crippen molar-refractivity contribution < 1.29 is 9.53 Å². The minimum Gasteiger partial charge on any atom is -0.497 e. The molecule has 1 N–H and O–H groups in total. The van der Waals surface area contributed by atoms with Crippen LogP contribution in [0.3, 0.4) is 0 Å². The number of rotatable bonds is 7. The van der Waals surface area contributed by atoms with Crippen molar-refractivity contribution >= 4 is 5.91 Å². The molecule has 3 nitrogen and oxygen atoms in total. The van der Waals surface area contributed by atoms with Crippen LogP contribution in [0.4, 0.5) is 0 Å². The van der Waals surface area contributed by atoms with Crippen LogP contribution in [0.15, 0.2) is 54.6 Å². The largest absolute Gasteiger partial charge is 0.497 e. The summed E-state index contributed by atoms with van der Waals surface area (Å²) in [6.07, 6.45) is 0.497. The van der Waals surface area contributed by atoms with Crippen LogP contribution in [0.5, 0.6) is 5.75 Å². The van der Waals surface area contributed by atoms with Crippen LogP contribution in [0, 0.1) is 5.92 Å². The molecule has 3 heteroatoms. The summed E-state index contributed by atoms with van der Waals surface area (Å²) in [7, 11) is 1.66. The van der Waals surface area contributed by atoms with Crippen LogP contribution >= 0.6 is 0 Å². The third-order valence-electron chi connectivity index (χ3n) is 4.09. The van der Waals surface area contributed by atoms with Crippen molar-refractivity contribution in [3.8, 4) is 5.75 Å². The van der Waals surface area contributed by atoms with E-state index < -0.39 is 0 Å². The Bertz CT molecular complexity index is 605. The number of carbonyl (C=O) groups is 1. The first-order valence-corrected chi connectivity index (χ1v) is 8.04. The summed E-state index contributed by atoms with van der Waals surface area (Å²) in [6, 6.07) is 18.0. The van der Waals surface area contributed by atoms with Gasteiger partial charge in [0.1, 0.15) is 5.75 Å². The Morgan fingerprint density at radius 1 is 1.04 bits per heavy atom. The number of ether oxygens (including phenoxy) is 1. The Balaban J connectivity index is 1.96. The smallest absolute Gasteiger partial charge is 0.220 e. The van der Waals surface area contributed by atoms with Gasteiger partial charge in [-0.1, -0.05) is 56.3 Å². The highest BCUT2D eigenvalue weighted by molar-refractivity contribution is 5.76. The van der Waals surface area contributed by atoms with Gasteiger partial charge in [-0.2, -0.15) is 0 Å². The van der Waals surface area contributed by atoms with Gasteiger partial charge in [-0.05, 0) is 35.1 Å². The van der Waals surface area contributed by atoms with Gasteiger partial charge in [0.25, 0.3) is 0 Å². The Labute approximate surface area is 138 Å². The van der Waals surface area contributed by atoms with Gasteiger partial charge in [0.05, 0.1) is 7.11 Å². The summed E-state index contributed by atoms with van der Waals surface area (Å²) in [5, 5.41) is 3.01. The van der Waals surface area contributed by atoms with Gasteiger partial charge < -0.3 is 10.1 Å². The molecule has 2 aromatic rings. The Kier molecular flexibility index (Phi) is 6.21. The second-order valence-electron chi connectivity index (χ2n) is 6.09. The van der Waals surface area contributed by atoms with Gasteiger partial charge in [-0.15, -0.1) is 0 Å². The molecule has 2 aromatic carbocycles. The summed E-state index contributed by atoms with van der Waals surface area (Å²) in [5.41, 5.74) is 2.29. The number of methoxy groups -OCH3 is 1. The Morgan fingerprint density at radius 2 is 1.70 bits per heavy atom. The van der Waals surface area contributed by atoms with Crippen molar-refractivity contribution in [2.75, 3.05) is 7.11 Å². The van der Waals surface area contributed by atoms with E-state index in [0.717, 1.165) is 11.3 Å². The number of nitrogens with one attached hydrogen (secondary N) is 1. The molecule has 122 valence electrons. The molecular weight excluding hydrogens is 286 g/mol. The van der Waals surface area contributed by atoms with E-state index in [2.05, 4.69) is 19.2 Å².